The molecule has 0 bridgehead atoms. The maximum absolute atomic E-state index is 12.8. The molecule has 0 aliphatic carbocycles. The number of fused-ring (bicyclic) bond motifs is 1. The lowest BCUT2D eigenvalue weighted by Crippen LogP contribution is -2.67. The number of nitrogens with two attached hydrogens (primary N) is 1. The molecule has 0 radical (unpaired) electrons. The van der Waals surface area contributed by atoms with Gasteiger partial charge in [-0.2, -0.15) is 13.2 Å². The SMILES string of the molecule is Nc1cc(C[C@H]2C(=O)N(C(=O)NCCc3cccc4ccccc34)[C@@H]2COC(=O)C(F)(F)F)ccn1. The number of nitrogens with one attached hydrogen (secondary N) is 1. The number of urea groups is 1. The fraction of sp³-hybridized carbons (Fsp3) is 0.280. The van der Waals surface area contributed by atoms with E-state index in [0.29, 0.717) is 12.0 Å². The normalized spacial score (nSPS) is 17.5. The highest BCUT2D eigenvalue weighted by atomic mass is 19.4. The minimum Gasteiger partial charge on any atom is -0.457 e. The van der Waals surface area contributed by atoms with Gasteiger partial charge in [0.15, 0.2) is 0 Å². The van der Waals surface area contributed by atoms with Crippen molar-refractivity contribution in [3.63, 3.8) is 0 Å². The number of alkyl halides is 3. The van der Waals surface area contributed by atoms with Gasteiger partial charge in [0.05, 0.1) is 12.0 Å². The van der Waals surface area contributed by atoms with Gasteiger partial charge in [0.25, 0.3) is 0 Å². The van der Waals surface area contributed by atoms with Crippen LogP contribution in [0.4, 0.5) is 23.8 Å². The monoisotopic (exact) mass is 500 g/mol. The number of nitrogens with zero attached hydrogens (tertiary/aromatic N) is 2. The molecule has 8 nitrogen and oxygen atoms in total. The summed E-state index contributed by atoms with van der Waals surface area (Å²) in [6, 6.07) is 14.9. The van der Waals surface area contributed by atoms with Gasteiger partial charge in [-0.3, -0.25) is 9.69 Å². The van der Waals surface area contributed by atoms with E-state index >= 15 is 0 Å². The van der Waals surface area contributed by atoms with Crippen molar-refractivity contribution in [2.45, 2.75) is 25.1 Å². The average Bonchev–Trinajstić information content (AvgIpc) is 2.84. The highest BCUT2D eigenvalue weighted by molar-refractivity contribution is 6.01. The smallest absolute Gasteiger partial charge is 0.457 e. The summed E-state index contributed by atoms with van der Waals surface area (Å²) in [5.41, 5.74) is 7.26. The number of carbonyl (C=O) groups is 3. The third-order valence-corrected chi connectivity index (χ3v) is 6.04. The van der Waals surface area contributed by atoms with Crippen LogP contribution in [0.2, 0.25) is 0 Å². The molecule has 36 heavy (non-hydrogen) atoms. The van der Waals surface area contributed by atoms with Gasteiger partial charge in [-0.15, -0.1) is 0 Å². The van der Waals surface area contributed by atoms with E-state index in [1.54, 1.807) is 6.07 Å². The summed E-state index contributed by atoms with van der Waals surface area (Å²) < 4.78 is 42.3. The molecule has 11 heteroatoms. The lowest BCUT2D eigenvalue weighted by Gasteiger charge is -2.45. The minimum absolute atomic E-state index is 0.0968. The first-order chi connectivity index (χ1) is 17.1. The van der Waals surface area contributed by atoms with Crippen LogP contribution in [0.25, 0.3) is 10.8 Å². The fourth-order valence-electron chi connectivity index (χ4n) is 4.29. The van der Waals surface area contributed by atoms with Gasteiger partial charge in [-0.25, -0.2) is 14.6 Å². The van der Waals surface area contributed by atoms with Crippen LogP contribution in [0.3, 0.4) is 0 Å². The van der Waals surface area contributed by atoms with Crippen molar-refractivity contribution >= 4 is 34.5 Å². The fourth-order valence-corrected chi connectivity index (χ4v) is 4.29. The second kappa shape index (κ2) is 10.2. The second-order valence-corrected chi connectivity index (χ2v) is 8.39. The van der Waals surface area contributed by atoms with Gasteiger partial charge in [0.1, 0.15) is 12.4 Å². The van der Waals surface area contributed by atoms with E-state index in [1.807, 2.05) is 42.5 Å². The molecule has 3 amide bonds. The number of hydrogen-bond donors (Lipinski definition) is 2. The number of anilines is 1. The highest BCUT2D eigenvalue weighted by Gasteiger charge is 2.52. The lowest BCUT2D eigenvalue weighted by atomic mass is 9.83. The number of β-lactam (4-membered cyclic amide) rings is 1. The number of halogens is 3. The van der Waals surface area contributed by atoms with Gasteiger partial charge >= 0.3 is 18.2 Å². The molecular weight excluding hydrogens is 477 g/mol. The number of esters is 1. The van der Waals surface area contributed by atoms with Gasteiger partial charge < -0.3 is 15.8 Å². The van der Waals surface area contributed by atoms with E-state index in [4.69, 9.17) is 5.73 Å². The molecule has 3 N–H and O–H groups in total. The molecule has 188 valence electrons. The Bertz CT molecular complexity index is 1290. The first-order valence-corrected chi connectivity index (χ1v) is 11.2. The van der Waals surface area contributed by atoms with E-state index in [1.165, 1.54) is 12.3 Å². The summed E-state index contributed by atoms with van der Waals surface area (Å²) in [6.07, 6.45) is -3.18. The minimum atomic E-state index is -5.19. The van der Waals surface area contributed by atoms with Crippen molar-refractivity contribution in [2.24, 2.45) is 5.92 Å². The van der Waals surface area contributed by atoms with Crippen molar-refractivity contribution in [3.05, 3.63) is 71.9 Å². The topological polar surface area (TPSA) is 115 Å². The van der Waals surface area contributed by atoms with Crippen LogP contribution in [0.5, 0.6) is 0 Å². The Balaban J connectivity index is 1.43. The number of imide groups is 1. The van der Waals surface area contributed by atoms with Crippen molar-refractivity contribution in [2.75, 3.05) is 18.9 Å². The van der Waals surface area contributed by atoms with Crippen LogP contribution in [-0.2, 0) is 27.2 Å². The Morgan fingerprint density at radius 3 is 2.61 bits per heavy atom. The van der Waals surface area contributed by atoms with E-state index in [-0.39, 0.29) is 18.8 Å². The van der Waals surface area contributed by atoms with Crippen LogP contribution in [0.1, 0.15) is 11.1 Å². The summed E-state index contributed by atoms with van der Waals surface area (Å²) in [5, 5.41) is 4.72. The van der Waals surface area contributed by atoms with E-state index in [0.717, 1.165) is 21.2 Å². The Labute approximate surface area is 204 Å². The Kier molecular flexibility index (Phi) is 7.09. The van der Waals surface area contributed by atoms with Crippen LogP contribution in [0.15, 0.2) is 60.8 Å². The predicted octanol–water partition coefficient (Wildman–Crippen LogP) is 3.24. The zero-order chi connectivity index (χ0) is 25.9. The Morgan fingerprint density at radius 2 is 1.86 bits per heavy atom. The molecule has 1 fully saturated rings. The number of nitrogen functional groups attached to an aromatic ring is 1. The van der Waals surface area contributed by atoms with Gasteiger partial charge in [0.2, 0.25) is 5.91 Å². The molecular formula is C25H23F3N4O4. The van der Waals surface area contributed by atoms with Crippen LogP contribution < -0.4 is 11.1 Å². The largest absolute Gasteiger partial charge is 0.490 e. The summed E-state index contributed by atoms with van der Waals surface area (Å²) >= 11 is 0. The van der Waals surface area contributed by atoms with Crippen molar-refractivity contribution in [1.29, 1.82) is 0 Å². The Hall–Kier alpha value is -4.15. The van der Waals surface area contributed by atoms with Gasteiger partial charge in [-0.05, 0) is 46.9 Å². The summed E-state index contributed by atoms with van der Waals surface area (Å²) in [4.78, 5) is 41.5. The predicted molar refractivity (Wildman–Crippen MR) is 125 cm³/mol. The molecule has 2 heterocycles. The summed E-state index contributed by atoms with van der Waals surface area (Å²) in [5.74, 6) is -3.62. The van der Waals surface area contributed by atoms with Crippen LogP contribution >= 0.6 is 0 Å². The van der Waals surface area contributed by atoms with E-state index < -0.39 is 42.7 Å². The number of aromatic nitrogens is 1. The zero-order valence-electron chi connectivity index (χ0n) is 19.0. The van der Waals surface area contributed by atoms with Gasteiger partial charge in [-0.1, -0.05) is 42.5 Å². The van der Waals surface area contributed by atoms with Crippen molar-refractivity contribution < 1.29 is 32.3 Å². The highest BCUT2D eigenvalue weighted by Crippen LogP contribution is 2.31. The molecule has 2 aromatic carbocycles. The molecule has 1 aliphatic rings. The third kappa shape index (κ3) is 5.40. The van der Waals surface area contributed by atoms with Crippen molar-refractivity contribution in [1.82, 2.24) is 15.2 Å². The third-order valence-electron chi connectivity index (χ3n) is 6.04. The van der Waals surface area contributed by atoms with Crippen molar-refractivity contribution in [3.8, 4) is 0 Å². The molecule has 0 saturated carbocycles. The molecule has 3 aromatic rings. The maximum atomic E-state index is 12.8. The molecule has 1 aliphatic heterocycles. The number of ether oxygens (including phenoxy) is 1. The van der Waals surface area contributed by atoms with Crippen LogP contribution in [-0.4, -0.2) is 53.2 Å². The lowest BCUT2D eigenvalue weighted by molar-refractivity contribution is -0.203. The molecule has 1 saturated heterocycles. The summed E-state index contributed by atoms with van der Waals surface area (Å²) in [6.45, 7) is -0.580. The molecule has 1 aromatic heterocycles. The van der Waals surface area contributed by atoms with Gasteiger partial charge in [0, 0.05) is 12.7 Å². The molecule has 0 spiro atoms. The number of benzene rings is 2. The van der Waals surface area contributed by atoms with Crippen LogP contribution in [0, 0.1) is 5.92 Å². The van der Waals surface area contributed by atoms with E-state index in [2.05, 4.69) is 15.0 Å². The average molecular weight is 500 g/mol. The van der Waals surface area contributed by atoms with E-state index in [9.17, 15) is 27.6 Å². The number of hydrogen-bond acceptors (Lipinski definition) is 6. The number of likely N-dealkylation sites (tertiary alicyclic amines) is 1. The number of rotatable bonds is 7. The Morgan fingerprint density at radius 1 is 1.11 bits per heavy atom. The zero-order valence-corrected chi connectivity index (χ0v) is 19.0. The quantitative estimate of drug-likeness (QED) is 0.380. The maximum Gasteiger partial charge on any atom is 0.490 e. The standard InChI is InChI=1S/C25H23F3N4O4/c26-25(27,28)23(34)36-14-20-19(12-15-8-10-30-21(29)13-15)22(33)32(20)24(35)31-11-9-17-6-3-5-16-4-1-2-7-18(16)17/h1-8,10,13,19-20H,9,11-12,14H2,(H2,29,30)(H,31,35)/t19-,20-/m1/s1. The molecule has 0 unspecified atom stereocenters. The summed E-state index contributed by atoms with van der Waals surface area (Å²) in [7, 11) is 0. The number of amides is 3. The molecule has 4 rings (SSSR count). The number of pyridine rings is 1. The molecule has 2 atom stereocenters. The first-order valence-electron chi connectivity index (χ1n) is 11.2. The first kappa shape index (κ1) is 25.0. The number of carbonyl (C=O) groups excluding carboxylic acids is 3. The second-order valence-electron chi connectivity index (χ2n) is 8.39.